The lowest BCUT2D eigenvalue weighted by Crippen LogP contribution is -2.32. The zero-order valence-corrected chi connectivity index (χ0v) is 12.8. The molecule has 0 aliphatic carbocycles. The molecule has 0 unspecified atom stereocenters. The van der Waals surface area contributed by atoms with Crippen LogP contribution in [0.3, 0.4) is 0 Å². The molecule has 0 radical (unpaired) electrons. The van der Waals surface area contributed by atoms with Crippen LogP contribution in [0.5, 0.6) is 0 Å². The Hall–Kier alpha value is -0.380. The van der Waals surface area contributed by atoms with Crippen LogP contribution in [0.15, 0.2) is 22.7 Å². The van der Waals surface area contributed by atoms with E-state index in [1.54, 1.807) is 0 Å². The van der Waals surface area contributed by atoms with Gasteiger partial charge in [-0.15, -0.1) is 0 Å². The molecule has 0 saturated heterocycles. The lowest BCUT2D eigenvalue weighted by molar-refractivity contribution is 0.319. The first kappa shape index (κ1) is 14.7. The molecule has 0 saturated carbocycles. The van der Waals surface area contributed by atoms with E-state index in [2.05, 4.69) is 72.2 Å². The summed E-state index contributed by atoms with van der Waals surface area (Å²) in [6.07, 6.45) is 0. The van der Waals surface area contributed by atoms with Crippen LogP contribution in [0.4, 0.5) is 0 Å². The standard InChI is InChI=1S/C14H23BrN2/c1-11(2)16-7-8-17(4)10-13-6-5-12(3)9-14(13)15/h5-6,9,11,16H,7-8,10H2,1-4H3. The van der Waals surface area contributed by atoms with Gasteiger partial charge >= 0.3 is 0 Å². The summed E-state index contributed by atoms with van der Waals surface area (Å²) in [5.74, 6) is 0. The van der Waals surface area contributed by atoms with Crippen LogP contribution in [-0.2, 0) is 6.54 Å². The highest BCUT2D eigenvalue weighted by Crippen LogP contribution is 2.19. The minimum Gasteiger partial charge on any atom is -0.313 e. The molecule has 1 N–H and O–H groups in total. The quantitative estimate of drug-likeness (QED) is 0.868. The summed E-state index contributed by atoms with van der Waals surface area (Å²) in [4.78, 5) is 2.34. The average Bonchev–Trinajstić information content (AvgIpc) is 2.21. The Morgan fingerprint density at radius 2 is 2.06 bits per heavy atom. The maximum Gasteiger partial charge on any atom is 0.0242 e. The van der Waals surface area contributed by atoms with E-state index < -0.39 is 0 Å². The fourth-order valence-electron chi connectivity index (χ4n) is 1.69. The Morgan fingerprint density at radius 3 is 2.65 bits per heavy atom. The Labute approximate surface area is 114 Å². The van der Waals surface area contributed by atoms with Gasteiger partial charge in [0.15, 0.2) is 0 Å². The second kappa shape index (κ2) is 7.14. The van der Waals surface area contributed by atoms with E-state index in [-0.39, 0.29) is 0 Å². The number of nitrogens with zero attached hydrogens (tertiary/aromatic N) is 1. The first-order valence-corrected chi connectivity index (χ1v) is 6.95. The van der Waals surface area contributed by atoms with Crippen molar-refractivity contribution < 1.29 is 0 Å². The zero-order valence-electron chi connectivity index (χ0n) is 11.3. The average molecular weight is 299 g/mol. The van der Waals surface area contributed by atoms with Gasteiger partial charge in [0.2, 0.25) is 0 Å². The first-order chi connectivity index (χ1) is 7.99. The zero-order chi connectivity index (χ0) is 12.8. The number of nitrogens with one attached hydrogen (secondary N) is 1. The Kier molecular flexibility index (Phi) is 6.17. The molecule has 0 atom stereocenters. The van der Waals surface area contributed by atoms with Crippen molar-refractivity contribution in [2.45, 2.75) is 33.4 Å². The SMILES string of the molecule is Cc1ccc(CN(C)CCNC(C)C)c(Br)c1. The number of hydrogen-bond acceptors (Lipinski definition) is 2. The van der Waals surface area contributed by atoms with Gasteiger partial charge in [0.05, 0.1) is 0 Å². The predicted molar refractivity (Wildman–Crippen MR) is 78.4 cm³/mol. The Morgan fingerprint density at radius 1 is 1.35 bits per heavy atom. The molecule has 0 fully saturated rings. The third-order valence-electron chi connectivity index (χ3n) is 2.69. The van der Waals surface area contributed by atoms with Gasteiger partial charge in [0, 0.05) is 30.1 Å². The topological polar surface area (TPSA) is 15.3 Å². The molecule has 3 heteroatoms. The van der Waals surface area contributed by atoms with Crippen molar-refractivity contribution in [3.8, 4) is 0 Å². The van der Waals surface area contributed by atoms with Crippen LogP contribution in [-0.4, -0.2) is 31.1 Å². The molecule has 17 heavy (non-hydrogen) atoms. The molecule has 2 nitrogen and oxygen atoms in total. The monoisotopic (exact) mass is 298 g/mol. The summed E-state index contributed by atoms with van der Waals surface area (Å²) in [7, 11) is 2.16. The molecule has 1 rings (SSSR count). The van der Waals surface area contributed by atoms with Gasteiger partial charge in [-0.2, -0.15) is 0 Å². The number of likely N-dealkylation sites (N-methyl/N-ethyl adjacent to an activating group) is 1. The smallest absolute Gasteiger partial charge is 0.0242 e. The lowest BCUT2D eigenvalue weighted by Gasteiger charge is -2.19. The van der Waals surface area contributed by atoms with Gasteiger partial charge in [0.1, 0.15) is 0 Å². The van der Waals surface area contributed by atoms with Gasteiger partial charge in [-0.1, -0.05) is 41.9 Å². The maximum atomic E-state index is 3.62. The van der Waals surface area contributed by atoms with Crippen molar-refractivity contribution in [3.63, 3.8) is 0 Å². The number of benzene rings is 1. The van der Waals surface area contributed by atoms with Crippen molar-refractivity contribution in [2.24, 2.45) is 0 Å². The van der Waals surface area contributed by atoms with E-state index in [0.29, 0.717) is 6.04 Å². The molecule has 0 heterocycles. The van der Waals surface area contributed by atoms with Gasteiger partial charge in [-0.3, -0.25) is 0 Å². The van der Waals surface area contributed by atoms with Crippen LogP contribution in [0.1, 0.15) is 25.0 Å². The number of hydrogen-bond donors (Lipinski definition) is 1. The fourth-order valence-corrected chi connectivity index (χ4v) is 2.31. The lowest BCUT2D eigenvalue weighted by atomic mass is 10.1. The van der Waals surface area contributed by atoms with Gasteiger partial charge in [-0.25, -0.2) is 0 Å². The molecule has 1 aromatic rings. The van der Waals surface area contributed by atoms with E-state index in [9.17, 15) is 0 Å². The van der Waals surface area contributed by atoms with Crippen LogP contribution in [0.25, 0.3) is 0 Å². The van der Waals surface area contributed by atoms with E-state index in [0.717, 1.165) is 19.6 Å². The summed E-state index contributed by atoms with van der Waals surface area (Å²) in [5.41, 5.74) is 2.65. The highest BCUT2D eigenvalue weighted by molar-refractivity contribution is 9.10. The van der Waals surface area contributed by atoms with E-state index in [4.69, 9.17) is 0 Å². The number of aryl methyl sites for hydroxylation is 1. The Balaban J connectivity index is 2.42. The predicted octanol–water partition coefficient (Wildman–Crippen LogP) is 3.19. The van der Waals surface area contributed by atoms with Crippen molar-refractivity contribution in [2.75, 3.05) is 20.1 Å². The molecule has 1 aromatic carbocycles. The van der Waals surface area contributed by atoms with Gasteiger partial charge in [0.25, 0.3) is 0 Å². The molecule has 0 amide bonds. The highest BCUT2D eigenvalue weighted by Gasteiger charge is 2.04. The summed E-state index contributed by atoms with van der Waals surface area (Å²) in [5, 5.41) is 3.43. The van der Waals surface area contributed by atoms with Gasteiger partial charge in [-0.05, 0) is 31.2 Å². The minimum atomic E-state index is 0.564. The summed E-state index contributed by atoms with van der Waals surface area (Å²) in [6, 6.07) is 7.11. The Bertz CT molecular complexity index is 350. The minimum absolute atomic E-state index is 0.564. The van der Waals surface area contributed by atoms with E-state index in [1.165, 1.54) is 15.6 Å². The van der Waals surface area contributed by atoms with Crippen LogP contribution in [0.2, 0.25) is 0 Å². The molecular weight excluding hydrogens is 276 g/mol. The van der Waals surface area contributed by atoms with Crippen molar-refractivity contribution in [3.05, 3.63) is 33.8 Å². The molecule has 0 bridgehead atoms. The molecule has 0 aromatic heterocycles. The molecule has 0 aliphatic rings. The molecule has 0 aliphatic heterocycles. The fraction of sp³-hybridized carbons (Fsp3) is 0.571. The largest absolute Gasteiger partial charge is 0.313 e. The van der Waals surface area contributed by atoms with Crippen LogP contribution >= 0.6 is 15.9 Å². The second-order valence-electron chi connectivity index (χ2n) is 4.94. The number of halogens is 1. The third kappa shape index (κ3) is 5.66. The van der Waals surface area contributed by atoms with Crippen molar-refractivity contribution in [1.29, 1.82) is 0 Å². The summed E-state index contributed by atoms with van der Waals surface area (Å²) < 4.78 is 1.21. The van der Waals surface area contributed by atoms with Crippen molar-refractivity contribution in [1.82, 2.24) is 10.2 Å². The maximum absolute atomic E-state index is 3.62. The molecular formula is C14H23BrN2. The summed E-state index contributed by atoms with van der Waals surface area (Å²) >= 11 is 3.62. The van der Waals surface area contributed by atoms with Crippen LogP contribution in [0, 0.1) is 6.92 Å². The van der Waals surface area contributed by atoms with Crippen LogP contribution < -0.4 is 5.32 Å². The van der Waals surface area contributed by atoms with Crippen molar-refractivity contribution >= 4 is 15.9 Å². The van der Waals surface area contributed by atoms with E-state index >= 15 is 0 Å². The summed E-state index contributed by atoms with van der Waals surface area (Å²) in [6.45, 7) is 9.56. The van der Waals surface area contributed by atoms with Gasteiger partial charge < -0.3 is 10.2 Å². The highest BCUT2D eigenvalue weighted by atomic mass is 79.9. The third-order valence-corrected chi connectivity index (χ3v) is 3.43. The molecule has 96 valence electrons. The normalized spacial score (nSPS) is 11.5. The first-order valence-electron chi connectivity index (χ1n) is 6.16. The van der Waals surface area contributed by atoms with E-state index in [1.807, 2.05) is 0 Å². The molecule has 0 spiro atoms. The number of rotatable bonds is 6. The second-order valence-corrected chi connectivity index (χ2v) is 5.80.